The number of anilines is 2. The molecule has 1 fully saturated rings. The molecule has 0 unspecified atom stereocenters. The van der Waals surface area contributed by atoms with Crippen molar-refractivity contribution in [1.82, 2.24) is 9.97 Å². The maximum absolute atomic E-state index is 13.7. The minimum absolute atomic E-state index is 0.0841. The third-order valence-electron chi connectivity index (χ3n) is 6.07. The van der Waals surface area contributed by atoms with Gasteiger partial charge in [0.05, 0.1) is 25.9 Å². The van der Waals surface area contributed by atoms with Crippen molar-refractivity contribution < 1.29 is 28.2 Å². The first-order valence-electron chi connectivity index (χ1n) is 12.0. The average Bonchev–Trinajstić information content (AvgIpc) is 2.88. The number of nitrogens with zero attached hydrogens (tertiary/aromatic N) is 3. The number of nitrogens with one attached hydrogen (secondary N) is 1. The molecule has 0 bridgehead atoms. The number of rotatable bonds is 8. The van der Waals surface area contributed by atoms with Crippen LogP contribution in [0.1, 0.15) is 35.5 Å². The molecule has 0 aliphatic carbocycles. The molecule has 1 aromatic carbocycles. The van der Waals surface area contributed by atoms with Crippen LogP contribution in [0.25, 0.3) is 11.1 Å². The van der Waals surface area contributed by atoms with Crippen molar-refractivity contribution in [3.05, 3.63) is 65.5 Å². The van der Waals surface area contributed by atoms with Crippen molar-refractivity contribution >= 4 is 17.4 Å². The van der Waals surface area contributed by atoms with Gasteiger partial charge in [-0.25, -0.2) is 0 Å². The second kappa shape index (κ2) is 11.2. The Morgan fingerprint density at radius 2 is 2.08 bits per heavy atom. The topological polar surface area (TPSA) is 96.8 Å². The number of aliphatic hydroxyl groups excluding tert-OH is 1. The second-order valence-corrected chi connectivity index (χ2v) is 9.04. The minimum atomic E-state index is -3.15. The summed E-state index contributed by atoms with van der Waals surface area (Å²) in [4.78, 5) is 23.3. The molecule has 0 saturated carbocycles. The first-order valence-corrected chi connectivity index (χ1v) is 12.0. The van der Waals surface area contributed by atoms with Crippen LogP contribution in [-0.2, 0) is 10.7 Å². The van der Waals surface area contributed by atoms with E-state index in [-0.39, 0.29) is 24.8 Å². The summed E-state index contributed by atoms with van der Waals surface area (Å²) in [6.45, 7) is 6.56. The van der Waals surface area contributed by atoms with Gasteiger partial charge in [0, 0.05) is 37.0 Å². The first kappa shape index (κ1) is 26.4. The number of aryl methyl sites for hydroxylation is 1. The van der Waals surface area contributed by atoms with E-state index in [2.05, 4.69) is 27.1 Å². The maximum atomic E-state index is 13.7. The monoisotopic (exact) mass is 512 g/mol. The Kier molecular flexibility index (Phi) is 7.99. The van der Waals surface area contributed by atoms with E-state index < -0.39 is 17.5 Å². The van der Waals surface area contributed by atoms with Gasteiger partial charge in [-0.3, -0.25) is 9.78 Å². The highest BCUT2D eigenvalue weighted by Crippen LogP contribution is 2.33. The Labute approximate surface area is 214 Å². The van der Waals surface area contributed by atoms with E-state index in [0.29, 0.717) is 31.3 Å². The summed E-state index contributed by atoms with van der Waals surface area (Å²) in [5.41, 5.74) is 2.73. The van der Waals surface area contributed by atoms with E-state index in [1.54, 1.807) is 12.1 Å². The second-order valence-electron chi connectivity index (χ2n) is 9.04. The van der Waals surface area contributed by atoms with Gasteiger partial charge in [0.1, 0.15) is 18.1 Å². The van der Waals surface area contributed by atoms with Crippen molar-refractivity contribution in [1.29, 1.82) is 0 Å². The van der Waals surface area contributed by atoms with Crippen molar-refractivity contribution in [2.75, 3.05) is 43.2 Å². The maximum Gasteiger partial charge on any atom is 0.286 e. The van der Waals surface area contributed by atoms with E-state index in [0.717, 1.165) is 35.5 Å². The fourth-order valence-corrected chi connectivity index (χ4v) is 4.11. The molecule has 3 heterocycles. The molecule has 2 N–H and O–H groups in total. The van der Waals surface area contributed by atoms with Gasteiger partial charge in [0.25, 0.3) is 11.8 Å². The highest BCUT2D eigenvalue weighted by molar-refractivity contribution is 6.04. The van der Waals surface area contributed by atoms with Crippen LogP contribution in [0.3, 0.4) is 0 Å². The van der Waals surface area contributed by atoms with Crippen LogP contribution in [0.5, 0.6) is 5.88 Å². The Balaban J connectivity index is 1.66. The van der Waals surface area contributed by atoms with E-state index in [1.165, 1.54) is 12.3 Å². The summed E-state index contributed by atoms with van der Waals surface area (Å²) in [6.07, 6.45) is 1.20. The lowest BCUT2D eigenvalue weighted by Crippen LogP contribution is -2.44. The fraction of sp³-hybridized carbons (Fsp3) is 0.370. The number of aliphatic hydroxyl groups is 1. The molecule has 8 nitrogen and oxygen atoms in total. The number of carbonyl (C=O) groups excluding carboxylic acids is 1. The normalized spacial score (nSPS) is 15.9. The molecule has 0 radical (unpaired) electrons. The van der Waals surface area contributed by atoms with Crippen LogP contribution in [-0.4, -0.2) is 60.0 Å². The molecule has 1 amide bonds. The minimum Gasteiger partial charge on any atom is -0.475 e. The van der Waals surface area contributed by atoms with Crippen molar-refractivity contribution in [2.24, 2.45) is 0 Å². The lowest BCUT2D eigenvalue weighted by atomic mass is 10.00. The third kappa shape index (κ3) is 6.39. The lowest BCUT2D eigenvalue weighted by molar-refractivity contribution is 0.0127. The van der Waals surface area contributed by atoms with Crippen molar-refractivity contribution in [2.45, 2.75) is 32.7 Å². The van der Waals surface area contributed by atoms with Gasteiger partial charge in [-0.1, -0.05) is 6.07 Å². The van der Waals surface area contributed by atoms with Gasteiger partial charge < -0.3 is 24.8 Å². The number of hydrogen-bond donors (Lipinski definition) is 2. The lowest BCUT2D eigenvalue weighted by Gasteiger charge is -2.34. The number of amides is 1. The van der Waals surface area contributed by atoms with Crippen molar-refractivity contribution in [3.63, 3.8) is 0 Å². The highest BCUT2D eigenvalue weighted by atomic mass is 19.3. The van der Waals surface area contributed by atoms with E-state index in [9.17, 15) is 18.7 Å². The zero-order valence-corrected chi connectivity index (χ0v) is 21.0. The molecule has 37 heavy (non-hydrogen) atoms. The number of alkyl halides is 2. The largest absolute Gasteiger partial charge is 0.475 e. The Bertz CT molecular complexity index is 1270. The van der Waals surface area contributed by atoms with Crippen molar-refractivity contribution in [3.8, 4) is 17.0 Å². The number of benzene rings is 1. The smallest absolute Gasteiger partial charge is 0.286 e. The van der Waals surface area contributed by atoms with Crippen LogP contribution >= 0.6 is 0 Å². The fourth-order valence-electron chi connectivity index (χ4n) is 4.11. The van der Waals surface area contributed by atoms with Gasteiger partial charge in [-0.15, -0.1) is 0 Å². The average molecular weight is 513 g/mol. The highest BCUT2D eigenvalue weighted by Gasteiger charge is 2.27. The molecular weight excluding hydrogens is 482 g/mol. The predicted molar refractivity (Wildman–Crippen MR) is 136 cm³/mol. The summed E-state index contributed by atoms with van der Waals surface area (Å²) < 4.78 is 38.6. The molecule has 10 heteroatoms. The Morgan fingerprint density at radius 3 is 2.81 bits per heavy atom. The van der Waals surface area contributed by atoms with Gasteiger partial charge >= 0.3 is 0 Å². The molecule has 2 aromatic heterocycles. The molecule has 1 aliphatic heterocycles. The zero-order chi connectivity index (χ0) is 26.6. The molecule has 4 rings (SSSR count). The third-order valence-corrected chi connectivity index (χ3v) is 6.07. The number of morpholine rings is 1. The number of pyridine rings is 2. The van der Waals surface area contributed by atoms with Gasteiger partial charge in [0.2, 0.25) is 5.88 Å². The molecule has 1 saturated heterocycles. The molecule has 3 aromatic rings. The summed E-state index contributed by atoms with van der Waals surface area (Å²) in [5.74, 6) is -2.58. The zero-order valence-electron chi connectivity index (χ0n) is 21.0. The quantitative estimate of drug-likeness (QED) is 0.461. The summed E-state index contributed by atoms with van der Waals surface area (Å²) in [6, 6.07) is 11.8. The van der Waals surface area contributed by atoms with Crippen LogP contribution in [0.2, 0.25) is 0 Å². The predicted octanol–water partition coefficient (Wildman–Crippen LogP) is 4.41. The molecule has 196 valence electrons. The summed E-state index contributed by atoms with van der Waals surface area (Å²) in [7, 11) is 0. The Hall–Kier alpha value is -3.63. The molecular formula is C27H30F2N4O4. The molecule has 1 atom stereocenters. The van der Waals surface area contributed by atoms with Crippen LogP contribution in [0, 0.1) is 6.92 Å². The Morgan fingerprint density at radius 1 is 1.27 bits per heavy atom. The van der Waals surface area contributed by atoms with E-state index >= 15 is 0 Å². The van der Waals surface area contributed by atoms with Crippen LogP contribution < -0.4 is 15.0 Å². The number of carbonyl (C=O) groups is 1. The standard InChI is InChI=1S/C27H30F2N4O4/c1-17-4-5-21(31-26(35)19-6-7-30-23(12-19)27(3,28)29)15-22(17)20-13-24(32-25(14-20)37-11-9-34)33-8-10-36-16-18(33)2/h4-7,12-15,18,34H,8-11,16H2,1-3H3,(H,31,35)/t18-/m1/s1. The number of halogens is 2. The molecule has 0 spiro atoms. The summed E-state index contributed by atoms with van der Waals surface area (Å²) in [5, 5.41) is 12.0. The first-order chi connectivity index (χ1) is 17.7. The van der Waals surface area contributed by atoms with Crippen LogP contribution in [0.15, 0.2) is 48.7 Å². The number of hydrogen-bond acceptors (Lipinski definition) is 7. The van der Waals surface area contributed by atoms with E-state index in [4.69, 9.17) is 9.47 Å². The number of aromatic nitrogens is 2. The van der Waals surface area contributed by atoms with Crippen LogP contribution in [0.4, 0.5) is 20.3 Å². The van der Waals surface area contributed by atoms with Gasteiger partial charge in [-0.2, -0.15) is 13.8 Å². The van der Waals surface area contributed by atoms with Gasteiger partial charge in [0.15, 0.2) is 0 Å². The van der Waals surface area contributed by atoms with E-state index in [1.807, 2.05) is 25.1 Å². The number of ether oxygens (including phenoxy) is 2. The SMILES string of the molecule is Cc1ccc(NC(=O)c2ccnc(C(C)(F)F)c2)cc1-c1cc(OCCO)nc(N2CCOC[C@H]2C)c1. The van der Waals surface area contributed by atoms with Gasteiger partial charge in [-0.05, 0) is 60.9 Å². The molecule has 1 aliphatic rings. The summed E-state index contributed by atoms with van der Waals surface area (Å²) >= 11 is 0.